The molecular weight excluding hydrogens is 294 g/mol. The first kappa shape index (κ1) is 16.8. The number of hydrogen-bond donors (Lipinski definition) is 1. The van der Waals surface area contributed by atoms with Gasteiger partial charge in [-0.25, -0.2) is 0 Å². The molecule has 1 aromatic carbocycles. The van der Waals surface area contributed by atoms with Gasteiger partial charge in [0.05, 0.1) is 18.2 Å². The predicted molar refractivity (Wildman–Crippen MR) is 89.7 cm³/mol. The van der Waals surface area contributed by atoms with Crippen LogP contribution in [0.2, 0.25) is 0 Å². The minimum absolute atomic E-state index is 0.0836. The third kappa shape index (κ3) is 2.99. The van der Waals surface area contributed by atoms with E-state index in [1.165, 1.54) is 25.5 Å². The monoisotopic (exact) mass is 315 g/mol. The highest BCUT2D eigenvalue weighted by molar-refractivity contribution is 6.05. The topological polar surface area (TPSA) is 68.5 Å². The highest BCUT2D eigenvalue weighted by Crippen LogP contribution is 2.37. The fourth-order valence-corrected chi connectivity index (χ4v) is 2.61. The number of carbonyl (C=O) groups is 2. The number of carbonyl (C=O) groups excluding carboxylic acids is 2. The Labute approximate surface area is 135 Å². The van der Waals surface area contributed by atoms with Crippen molar-refractivity contribution in [2.75, 3.05) is 7.11 Å². The lowest BCUT2D eigenvalue weighted by Gasteiger charge is -2.08. The summed E-state index contributed by atoms with van der Waals surface area (Å²) in [5, 5.41) is 11.2. The molecule has 5 heteroatoms. The van der Waals surface area contributed by atoms with Crippen LogP contribution in [0.1, 0.15) is 48.4 Å². The molecule has 122 valence electrons. The van der Waals surface area contributed by atoms with Gasteiger partial charge in [0, 0.05) is 17.9 Å². The number of benzene rings is 1. The molecule has 2 aromatic rings. The van der Waals surface area contributed by atoms with Crippen molar-refractivity contribution in [2.45, 2.75) is 27.7 Å². The Hall–Kier alpha value is -2.56. The van der Waals surface area contributed by atoms with Gasteiger partial charge in [-0.15, -0.1) is 0 Å². The second-order valence-electron chi connectivity index (χ2n) is 5.82. The van der Waals surface area contributed by atoms with Crippen molar-refractivity contribution in [3.05, 3.63) is 35.4 Å². The number of aromatic hydroxyl groups is 1. The Bertz CT molecular complexity index is 812. The molecule has 0 amide bonds. The van der Waals surface area contributed by atoms with Crippen LogP contribution in [-0.2, 0) is 4.74 Å². The molecule has 0 fully saturated rings. The summed E-state index contributed by atoms with van der Waals surface area (Å²) in [5.41, 5.74) is 1.48. The largest absolute Gasteiger partial charge is 0.496 e. The van der Waals surface area contributed by atoms with Crippen LogP contribution in [0.25, 0.3) is 16.7 Å². The van der Waals surface area contributed by atoms with Gasteiger partial charge >= 0.3 is 0 Å². The smallest absolute Gasteiger partial charge is 0.230 e. The van der Waals surface area contributed by atoms with E-state index < -0.39 is 0 Å². The molecule has 1 heterocycles. The van der Waals surface area contributed by atoms with E-state index in [1.54, 1.807) is 18.2 Å². The lowest BCUT2D eigenvalue weighted by atomic mass is 10.0. The van der Waals surface area contributed by atoms with Gasteiger partial charge in [-0.1, -0.05) is 13.8 Å². The van der Waals surface area contributed by atoms with Crippen LogP contribution in [0.5, 0.6) is 5.88 Å². The molecule has 0 saturated heterocycles. The van der Waals surface area contributed by atoms with Crippen LogP contribution in [0.15, 0.2) is 24.3 Å². The first-order valence-electron chi connectivity index (χ1n) is 7.43. The maximum atomic E-state index is 11.9. The zero-order valence-corrected chi connectivity index (χ0v) is 14.0. The minimum atomic E-state index is -0.311. The number of allylic oxidation sites excluding steroid dienone is 1. The molecule has 0 aliphatic heterocycles. The molecule has 1 aromatic heterocycles. The molecule has 23 heavy (non-hydrogen) atoms. The fraction of sp³-hybridized carbons (Fsp3) is 0.333. The first-order valence-corrected chi connectivity index (χ1v) is 7.43. The van der Waals surface area contributed by atoms with Gasteiger partial charge in [-0.2, -0.15) is 0 Å². The van der Waals surface area contributed by atoms with Gasteiger partial charge in [0.1, 0.15) is 5.76 Å². The third-order valence-electron chi connectivity index (χ3n) is 3.61. The SMILES string of the molecule is COC(=CC(C)C)c1c(O)n(C(C)=O)c2ccc(C(C)=O)cc12. The van der Waals surface area contributed by atoms with E-state index >= 15 is 0 Å². The van der Waals surface area contributed by atoms with Crippen LogP contribution < -0.4 is 0 Å². The molecule has 0 saturated carbocycles. The highest BCUT2D eigenvalue weighted by atomic mass is 16.5. The number of aromatic nitrogens is 1. The fourth-order valence-electron chi connectivity index (χ4n) is 2.61. The van der Waals surface area contributed by atoms with E-state index in [1.807, 2.05) is 19.9 Å². The standard InChI is InChI=1S/C18H21NO4/c1-10(2)8-16(23-5)17-14-9-13(11(3)20)6-7-15(14)19(12(4)21)18(17)22/h6-10,22H,1-5H3. The minimum Gasteiger partial charge on any atom is -0.496 e. The number of Topliss-reactive ketones (excluding diaryl/α,β-unsaturated/α-hetero) is 1. The summed E-state index contributed by atoms with van der Waals surface area (Å²) in [6.45, 7) is 6.83. The number of ketones is 1. The van der Waals surface area contributed by atoms with Gasteiger partial charge in [0.15, 0.2) is 5.78 Å². The van der Waals surface area contributed by atoms with E-state index in [9.17, 15) is 14.7 Å². The van der Waals surface area contributed by atoms with Crippen LogP contribution in [0.3, 0.4) is 0 Å². The number of methoxy groups -OCH3 is 1. The normalized spacial score (nSPS) is 12.0. The van der Waals surface area contributed by atoms with E-state index in [-0.39, 0.29) is 23.5 Å². The maximum Gasteiger partial charge on any atom is 0.230 e. The van der Waals surface area contributed by atoms with Crippen LogP contribution in [-0.4, -0.2) is 28.5 Å². The van der Waals surface area contributed by atoms with Crippen molar-refractivity contribution < 1.29 is 19.4 Å². The molecule has 0 radical (unpaired) electrons. The summed E-state index contributed by atoms with van der Waals surface area (Å²) >= 11 is 0. The summed E-state index contributed by atoms with van der Waals surface area (Å²) in [6, 6.07) is 4.99. The average Bonchev–Trinajstić information content (AvgIpc) is 2.75. The van der Waals surface area contributed by atoms with Crippen molar-refractivity contribution in [3.63, 3.8) is 0 Å². The molecule has 0 aliphatic carbocycles. The van der Waals surface area contributed by atoms with Gasteiger partial charge in [0.25, 0.3) is 0 Å². The van der Waals surface area contributed by atoms with Crippen LogP contribution in [0.4, 0.5) is 0 Å². The molecular formula is C18H21NO4. The molecule has 5 nitrogen and oxygen atoms in total. The van der Waals surface area contributed by atoms with Gasteiger partial charge in [-0.05, 0) is 37.1 Å². The van der Waals surface area contributed by atoms with E-state index in [2.05, 4.69) is 0 Å². The second kappa shape index (κ2) is 6.28. The quantitative estimate of drug-likeness (QED) is 0.687. The Morgan fingerprint density at radius 2 is 1.91 bits per heavy atom. The zero-order valence-electron chi connectivity index (χ0n) is 14.0. The third-order valence-corrected chi connectivity index (χ3v) is 3.61. The Balaban J connectivity index is 2.91. The zero-order chi connectivity index (χ0) is 17.3. The molecule has 2 rings (SSSR count). The Kier molecular flexibility index (Phi) is 4.59. The molecule has 1 N–H and O–H groups in total. The summed E-state index contributed by atoms with van der Waals surface area (Å²) in [6.07, 6.45) is 1.86. The van der Waals surface area contributed by atoms with Crippen LogP contribution in [0, 0.1) is 5.92 Å². The number of nitrogens with zero attached hydrogens (tertiary/aromatic N) is 1. The van der Waals surface area contributed by atoms with Gasteiger partial charge in [0.2, 0.25) is 11.8 Å². The predicted octanol–water partition coefficient (Wildman–Crippen LogP) is 3.85. The molecule has 0 atom stereocenters. The van der Waals surface area contributed by atoms with Crippen molar-refractivity contribution in [3.8, 4) is 5.88 Å². The summed E-state index contributed by atoms with van der Waals surface area (Å²) < 4.78 is 6.65. The van der Waals surface area contributed by atoms with Crippen molar-refractivity contribution in [1.82, 2.24) is 4.57 Å². The van der Waals surface area contributed by atoms with Crippen LogP contribution >= 0.6 is 0 Å². The number of ether oxygens (including phenoxy) is 1. The lowest BCUT2D eigenvalue weighted by molar-refractivity contribution is 0.0932. The summed E-state index contributed by atoms with van der Waals surface area (Å²) in [4.78, 5) is 23.6. The van der Waals surface area contributed by atoms with Crippen molar-refractivity contribution in [2.24, 2.45) is 5.92 Å². The Morgan fingerprint density at radius 1 is 1.26 bits per heavy atom. The van der Waals surface area contributed by atoms with Gasteiger partial charge < -0.3 is 9.84 Å². The molecule has 0 aliphatic rings. The Morgan fingerprint density at radius 3 is 2.39 bits per heavy atom. The number of hydrogen-bond acceptors (Lipinski definition) is 4. The number of rotatable bonds is 4. The second-order valence-corrected chi connectivity index (χ2v) is 5.82. The highest BCUT2D eigenvalue weighted by Gasteiger charge is 2.23. The van der Waals surface area contributed by atoms with E-state index in [4.69, 9.17) is 4.74 Å². The van der Waals surface area contributed by atoms with Crippen molar-refractivity contribution in [1.29, 1.82) is 0 Å². The number of fused-ring (bicyclic) bond motifs is 1. The molecule has 0 spiro atoms. The molecule has 0 bridgehead atoms. The lowest BCUT2D eigenvalue weighted by Crippen LogP contribution is -2.04. The first-order chi connectivity index (χ1) is 10.8. The maximum absolute atomic E-state index is 11.9. The van der Waals surface area contributed by atoms with Gasteiger partial charge in [-0.3, -0.25) is 14.2 Å². The van der Waals surface area contributed by atoms with E-state index in [0.29, 0.717) is 27.8 Å². The summed E-state index contributed by atoms with van der Waals surface area (Å²) in [7, 11) is 1.51. The van der Waals surface area contributed by atoms with E-state index in [0.717, 1.165) is 0 Å². The average molecular weight is 315 g/mol. The van der Waals surface area contributed by atoms with Crippen molar-refractivity contribution >= 4 is 28.4 Å². The molecule has 0 unspecified atom stereocenters. The summed E-state index contributed by atoms with van der Waals surface area (Å²) in [5.74, 6) is 0.0928.